The number of nitrogens with one attached hydrogen (secondary N) is 1. The number of allylic oxidation sites excluding steroid dienone is 1. The van der Waals surface area contributed by atoms with Gasteiger partial charge < -0.3 is 5.32 Å². The van der Waals surface area contributed by atoms with Crippen LogP contribution in [0.1, 0.15) is 12.0 Å². The van der Waals surface area contributed by atoms with Gasteiger partial charge in [-0.3, -0.25) is 0 Å². The van der Waals surface area contributed by atoms with Crippen LogP contribution in [0.5, 0.6) is 0 Å². The van der Waals surface area contributed by atoms with Crippen LogP contribution in [0.4, 0.5) is 5.69 Å². The molecule has 0 radical (unpaired) electrons. The molecule has 1 N–H and O–H groups in total. The molecule has 1 aromatic carbocycles. The minimum absolute atomic E-state index is 0.223. The fraction of sp³-hybridized carbons (Fsp3) is 0.273. The van der Waals surface area contributed by atoms with E-state index < -0.39 is 9.84 Å². The number of para-hydroxylation sites is 1. The van der Waals surface area contributed by atoms with E-state index in [-0.39, 0.29) is 5.75 Å². The lowest BCUT2D eigenvalue weighted by Crippen LogP contribution is -1.98. The SMILES string of the molecule is Cc1ccccc1NC1=CS(=O)(=O)CC1. The largest absolute Gasteiger partial charge is 0.358 e. The van der Waals surface area contributed by atoms with Gasteiger partial charge >= 0.3 is 0 Å². The van der Waals surface area contributed by atoms with Gasteiger partial charge in [0.25, 0.3) is 0 Å². The van der Waals surface area contributed by atoms with Gasteiger partial charge in [0.15, 0.2) is 9.84 Å². The maximum Gasteiger partial charge on any atom is 0.173 e. The molecule has 1 aliphatic heterocycles. The summed E-state index contributed by atoms with van der Waals surface area (Å²) in [5.74, 6) is 0.223. The molecular formula is C11H13NO2S. The third-order valence-corrected chi connectivity index (χ3v) is 3.83. The highest BCUT2D eigenvalue weighted by Crippen LogP contribution is 2.21. The van der Waals surface area contributed by atoms with Crippen LogP contribution in [0.25, 0.3) is 0 Å². The lowest BCUT2D eigenvalue weighted by atomic mass is 10.2. The standard InChI is InChI=1S/C11H13NO2S/c1-9-4-2-3-5-11(9)12-10-6-7-15(13,14)8-10/h2-5,8,12H,6-7H2,1H3. The van der Waals surface area contributed by atoms with E-state index in [1.807, 2.05) is 31.2 Å². The number of rotatable bonds is 2. The number of aryl methyl sites for hydroxylation is 1. The molecule has 0 saturated carbocycles. The van der Waals surface area contributed by atoms with E-state index in [0.29, 0.717) is 6.42 Å². The molecule has 0 unspecified atom stereocenters. The number of hydrogen-bond acceptors (Lipinski definition) is 3. The lowest BCUT2D eigenvalue weighted by Gasteiger charge is -2.08. The fourth-order valence-electron chi connectivity index (χ4n) is 1.56. The van der Waals surface area contributed by atoms with E-state index in [0.717, 1.165) is 16.9 Å². The van der Waals surface area contributed by atoms with E-state index in [1.165, 1.54) is 5.41 Å². The summed E-state index contributed by atoms with van der Waals surface area (Å²) < 4.78 is 22.4. The number of hydrogen-bond donors (Lipinski definition) is 1. The van der Waals surface area contributed by atoms with E-state index in [2.05, 4.69) is 5.32 Å². The lowest BCUT2D eigenvalue weighted by molar-refractivity contribution is 0.606. The van der Waals surface area contributed by atoms with Gasteiger partial charge in [-0.2, -0.15) is 0 Å². The van der Waals surface area contributed by atoms with Crippen molar-refractivity contribution < 1.29 is 8.42 Å². The van der Waals surface area contributed by atoms with Crippen LogP contribution in [0, 0.1) is 6.92 Å². The maximum absolute atomic E-state index is 11.2. The Morgan fingerprint density at radius 2 is 2.00 bits per heavy atom. The summed E-state index contributed by atoms with van der Waals surface area (Å²) in [5.41, 5.74) is 2.87. The maximum atomic E-state index is 11.2. The van der Waals surface area contributed by atoms with Crippen LogP contribution < -0.4 is 5.32 Å². The molecule has 0 fully saturated rings. The van der Waals surface area contributed by atoms with Crippen molar-refractivity contribution in [3.63, 3.8) is 0 Å². The summed E-state index contributed by atoms with van der Waals surface area (Å²) in [6.45, 7) is 1.99. The van der Waals surface area contributed by atoms with Gasteiger partial charge in [0.05, 0.1) is 5.75 Å². The van der Waals surface area contributed by atoms with Crippen molar-refractivity contribution in [2.75, 3.05) is 11.1 Å². The Labute approximate surface area is 89.7 Å². The molecule has 4 heteroatoms. The minimum Gasteiger partial charge on any atom is -0.358 e. The van der Waals surface area contributed by atoms with E-state index in [1.54, 1.807) is 0 Å². The van der Waals surface area contributed by atoms with Crippen LogP contribution in [-0.2, 0) is 9.84 Å². The molecule has 1 aliphatic rings. The molecule has 1 aromatic rings. The Kier molecular flexibility index (Phi) is 2.52. The first kappa shape index (κ1) is 10.2. The van der Waals surface area contributed by atoms with Crippen molar-refractivity contribution in [2.24, 2.45) is 0 Å². The average Bonchev–Trinajstić information content (AvgIpc) is 2.50. The summed E-state index contributed by atoms with van der Waals surface area (Å²) in [5, 5.41) is 4.48. The third-order valence-electron chi connectivity index (χ3n) is 2.42. The van der Waals surface area contributed by atoms with Crippen LogP contribution in [-0.4, -0.2) is 14.2 Å². The topological polar surface area (TPSA) is 46.2 Å². The van der Waals surface area contributed by atoms with Gasteiger partial charge in [0, 0.05) is 23.2 Å². The first-order valence-electron chi connectivity index (χ1n) is 4.83. The molecule has 0 amide bonds. The van der Waals surface area contributed by atoms with E-state index in [9.17, 15) is 8.42 Å². The third kappa shape index (κ3) is 2.39. The predicted molar refractivity (Wildman–Crippen MR) is 61.3 cm³/mol. The molecule has 0 aromatic heterocycles. The molecule has 1 heterocycles. The van der Waals surface area contributed by atoms with Crippen molar-refractivity contribution in [1.29, 1.82) is 0 Å². The van der Waals surface area contributed by atoms with Gasteiger partial charge in [-0.25, -0.2) is 8.42 Å². The summed E-state index contributed by atoms with van der Waals surface area (Å²) in [6, 6.07) is 7.83. The Morgan fingerprint density at radius 1 is 1.27 bits per heavy atom. The Bertz CT molecular complexity index is 503. The van der Waals surface area contributed by atoms with Gasteiger partial charge in [-0.15, -0.1) is 0 Å². The molecule has 0 aliphatic carbocycles. The second-order valence-corrected chi connectivity index (χ2v) is 5.67. The first-order chi connectivity index (χ1) is 7.07. The zero-order chi connectivity index (χ0) is 10.9. The number of sulfone groups is 1. The molecule has 3 nitrogen and oxygen atoms in total. The second kappa shape index (κ2) is 3.70. The summed E-state index contributed by atoms with van der Waals surface area (Å²) in [6.07, 6.45) is 0.580. The highest BCUT2D eigenvalue weighted by atomic mass is 32.2. The number of benzene rings is 1. The van der Waals surface area contributed by atoms with Crippen molar-refractivity contribution in [3.05, 3.63) is 40.9 Å². The Hall–Kier alpha value is -1.29. The van der Waals surface area contributed by atoms with Crippen LogP contribution >= 0.6 is 0 Å². The quantitative estimate of drug-likeness (QED) is 0.834. The van der Waals surface area contributed by atoms with Crippen molar-refractivity contribution in [3.8, 4) is 0 Å². The zero-order valence-corrected chi connectivity index (χ0v) is 9.34. The highest BCUT2D eigenvalue weighted by molar-refractivity contribution is 7.94. The monoisotopic (exact) mass is 223 g/mol. The molecule has 2 rings (SSSR count). The molecular weight excluding hydrogens is 210 g/mol. The van der Waals surface area contributed by atoms with Crippen molar-refractivity contribution in [2.45, 2.75) is 13.3 Å². The molecule has 0 bridgehead atoms. The average molecular weight is 223 g/mol. The summed E-state index contributed by atoms with van der Waals surface area (Å²) in [4.78, 5) is 0. The van der Waals surface area contributed by atoms with Crippen LogP contribution in [0.2, 0.25) is 0 Å². The summed E-state index contributed by atoms with van der Waals surface area (Å²) >= 11 is 0. The summed E-state index contributed by atoms with van der Waals surface area (Å²) in [7, 11) is -2.95. The van der Waals surface area contributed by atoms with Gasteiger partial charge in [-0.1, -0.05) is 18.2 Å². The van der Waals surface area contributed by atoms with Gasteiger partial charge in [-0.05, 0) is 18.6 Å². The molecule has 15 heavy (non-hydrogen) atoms. The molecule has 0 atom stereocenters. The smallest absolute Gasteiger partial charge is 0.173 e. The first-order valence-corrected chi connectivity index (χ1v) is 6.54. The van der Waals surface area contributed by atoms with Crippen molar-refractivity contribution >= 4 is 15.5 Å². The molecule has 0 spiro atoms. The number of anilines is 1. The zero-order valence-electron chi connectivity index (χ0n) is 8.53. The van der Waals surface area contributed by atoms with Gasteiger partial charge in [0.2, 0.25) is 0 Å². The highest BCUT2D eigenvalue weighted by Gasteiger charge is 2.18. The predicted octanol–water partition coefficient (Wildman–Crippen LogP) is 2.07. The molecule has 80 valence electrons. The Balaban J connectivity index is 2.21. The minimum atomic E-state index is -2.95. The molecule has 0 saturated heterocycles. The van der Waals surface area contributed by atoms with Crippen LogP contribution in [0.3, 0.4) is 0 Å². The van der Waals surface area contributed by atoms with E-state index >= 15 is 0 Å². The van der Waals surface area contributed by atoms with Gasteiger partial charge in [0.1, 0.15) is 0 Å². The normalized spacial score (nSPS) is 18.6. The fourth-order valence-corrected chi connectivity index (χ4v) is 2.80. The van der Waals surface area contributed by atoms with Crippen molar-refractivity contribution in [1.82, 2.24) is 0 Å². The van der Waals surface area contributed by atoms with Crippen LogP contribution in [0.15, 0.2) is 35.4 Å². The Morgan fingerprint density at radius 3 is 2.60 bits per heavy atom. The van der Waals surface area contributed by atoms with E-state index in [4.69, 9.17) is 0 Å². The second-order valence-electron chi connectivity index (χ2n) is 3.70.